The predicted molar refractivity (Wildman–Crippen MR) is 115 cm³/mol. The number of carbonyl (C=O) groups excluding carboxylic acids is 2. The molecule has 0 saturated carbocycles. The van der Waals surface area contributed by atoms with E-state index >= 15 is 0 Å². The van der Waals surface area contributed by atoms with Crippen molar-refractivity contribution in [2.75, 3.05) is 39.6 Å². The average molecular weight is 442 g/mol. The van der Waals surface area contributed by atoms with Crippen molar-refractivity contribution in [3.63, 3.8) is 0 Å². The number of ether oxygens (including phenoxy) is 4. The summed E-state index contributed by atoms with van der Waals surface area (Å²) in [4.78, 5) is 23.4. The highest BCUT2D eigenvalue weighted by molar-refractivity contribution is 5.75. The zero-order valence-electron chi connectivity index (χ0n) is 19.9. The van der Waals surface area contributed by atoms with E-state index < -0.39 is 5.41 Å². The molecule has 0 N–H and O–H groups in total. The van der Waals surface area contributed by atoms with Gasteiger partial charge in [-0.3, -0.25) is 9.59 Å². The maximum Gasteiger partial charge on any atom is 0.311 e. The molecule has 1 aromatic heterocycles. The van der Waals surface area contributed by atoms with Gasteiger partial charge in [-0.2, -0.15) is 0 Å². The van der Waals surface area contributed by atoms with Crippen molar-refractivity contribution in [3.05, 3.63) is 11.9 Å². The molecule has 0 amide bonds. The van der Waals surface area contributed by atoms with Gasteiger partial charge in [0.15, 0.2) is 0 Å². The van der Waals surface area contributed by atoms with Gasteiger partial charge in [0, 0.05) is 12.6 Å². The summed E-state index contributed by atoms with van der Waals surface area (Å²) in [5.74, 6) is -0.452. The van der Waals surface area contributed by atoms with Crippen molar-refractivity contribution in [3.8, 4) is 0 Å². The Hall–Kier alpha value is -2.00. The van der Waals surface area contributed by atoms with E-state index in [0.29, 0.717) is 52.4 Å². The van der Waals surface area contributed by atoms with Crippen LogP contribution in [0.4, 0.5) is 0 Å². The van der Waals surface area contributed by atoms with Crippen LogP contribution in [0.25, 0.3) is 0 Å². The lowest BCUT2D eigenvalue weighted by Crippen LogP contribution is -2.24. The molecule has 31 heavy (non-hydrogen) atoms. The van der Waals surface area contributed by atoms with Crippen molar-refractivity contribution in [2.45, 2.75) is 67.3 Å². The molecule has 0 fully saturated rings. The summed E-state index contributed by atoms with van der Waals surface area (Å²) in [7, 11) is 0. The minimum Gasteiger partial charge on any atom is -0.466 e. The minimum absolute atomic E-state index is 0.151. The largest absolute Gasteiger partial charge is 0.466 e. The van der Waals surface area contributed by atoms with Crippen molar-refractivity contribution in [2.24, 2.45) is 10.8 Å². The minimum atomic E-state index is -0.500. The highest BCUT2D eigenvalue weighted by Crippen LogP contribution is 2.18. The lowest BCUT2D eigenvalue weighted by atomic mass is 9.93. The molecule has 0 radical (unpaired) electrons. The van der Waals surface area contributed by atoms with E-state index in [4.69, 9.17) is 18.9 Å². The molecule has 0 spiro atoms. The SMILES string of the molecule is CC(C)(C)CCOC(=O)CCc1cn(CCOCCOCCOC(=O)C(C)(C)C)nn1. The van der Waals surface area contributed by atoms with Crippen molar-refractivity contribution in [1.29, 1.82) is 0 Å². The fourth-order valence-electron chi connectivity index (χ4n) is 2.23. The van der Waals surface area contributed by atoms with Crippen molar-refractivity contribution < 1.29 is 28.5 Å². The Morgan fingerprint density at radius 2 is 1.55 bits per heavy atom. The lowest BCUT2D eigenvalue weighted by molar-refractivity contribution is -0.154. The Labute approximate surface area is 185 Å². The number of esters is 2. The summed E-state index contributed by atoms with van der Waals surface area (Å²) in [6, 6.07) is 0. The maximum absolute atomic E-state index is 11.8. The van der Waals surface area contributed by atoms with Crippen molar-refractivity contribution >= 4 is 11.9 Å². The summed E-state index contributed by atoms with van der Waals surface area (Å²) in [6.45, 7) is 14.7. The zero-order valence-corrected chi connectivity index (χ0v) is 19.9. The van der Waals surface area contributed by atoms with Gasteiger partial charge in [-0.25, -0.2) is 4.68 Å². The lowest BCUT2D eigenvalue weighted by Gasteiger charge is -2.17. The molecule has 0 bridgehead atoms. The average Bonchev–Trinajstić information content (AvgIpc) is 3.11. The van der Waals surface area contributed by atoms with E-state index in [9.17, 15) is 9.59 Å². The zero-order chi connectivity index (χ0) is 23.3. The van der Waals surface area contributed by atoms with Gasteiger partial charge in [-0.05, 0) is 32.6 Å². The third-order valence-corrected chi connectivity index (χ3v) is 4.20. The Morgan fingerprint density at radius 1 is 0.903 bits per heavy atom. The second-order valence-corrected chi connectivity index (χ2v) is 9.61. The van der Waals surface area contributed by atoms with Crippen LogP contribution in [0.3, 0.4) is 0 Å². The van der Waals surface area contributed by atoms with Gasteiger partial charge in [0.05, 0.1) is 57.1 Å². The second-order valence-electron chi connectivity index (χ2n) is 9.61. The first-order valence-electron chi connectivity index (χ1n) is 10.8. The first kappa shape index (κ1) is 27.0. The standard InChI is InChI=1S/C22H39N3O6/c1-21(2,3)9-11-30-19(26)8-7-18-17-25(24-23-18)10-12-28-13-14-29-15-16-31-20(27)22(4,5)6/h17H,7-16H2,1-6H3. The van der Waals surface area contributed by atoms with Gasteiger partial charge >= 0.3 is 11.9 Å². The van der Waals surface area contributed by atoms with Gasteiger partial charge in [0.2, 0.25) is 0 Å². The van der Waals surface area contributed by atoms with Crippen LogP contribution in [0.5, 0.6) is 0 Å². The number of rotatable bonds is 14. The summed E-state index contributed by atoms with van der Waals surface area (Å²) >= 11 is 0. The van der Waals surface area contributed by atoms with Crippen LogP contribution in [-0.4, -0.2) is 66.6 Å². The number of carbonyl (C=O) groups is 2. The fourth-order valence-corrected chi connectivity index (χ4v) is 2.23. The summed E-state index contributed by atoms with van der Waals surface area (Å²) in [5, 5.41) is 8.11. The van der Waals surface area contributed by atoms with Crippen LogP contribution in [0.2, 0.25) is 0 Å². The molecule has 0 aliphatic rings. The van der Waals surface area contributed by atoms with Gasteiger partial charge in [-0.15, -0.1) is 5.10 Å². The molecule has 0 aliphatic heterocycles. The molecule has 9 nitrogen and oxygen atoms in total. The molecule has 0 atom stereocenters. The Kier molecular flexibility index (Phi) is 11.7. The van der Waals surface area contributed by atoms with Crippen LogP contribution in [0.15, 0.2) is 6.20 Å². The molecule has 9 heteroatoms. The van der Waals surface area contributed by atoms with Crippen LogP contribution in [0.1, 0.15) is 60.1 Å². The molecule has 0 aliphatic carbocycles. The number of hydrogen-bond donors (Lipinski definition) is 0. The third-order valence-electron chi connectivity index (χ3n) is 4.20. The van der Waals surface area contributed by atoms with Gasteiger partial charge < -0.3 is 18.9 Å². The van der Waals surface area contributed by atoms with Crippen LogP contribution in [0, 0.1) is 10.8 Å². The van der Waals surface area contributed by atoms with Crippen LogP contribution >= 0.6 is 0 Å². The molecule has 1 aromatic rings. The molecule has 1 heterocycles. The Bertz CT molecular complexity index is 661. The molecule has 0 unspecified atom stereocenters. The molecule has 0 aromatic carbocycles. The number of hydrogen-bond acceptors (Lipinski definition) is 8. The Morgan fingerprint density at radius 3 is 2.19 bits per heavy atom. The monoisotopic (exact) mass is 441 g/mol. The number of aromatic nitrogens is 3. The molecule has 1 rings (SSSR count). The van der Waals surface area contributed by atoms with E-state index in [2.05, 4.69) is 31.1 Å². The summed E-state index contributed by atoms with van der Waals surface area (Å²) in [6.07, 6.45) is 3.45. The first-order valence-corrected chi connectivity index (χ1v) is 10.8. The molecular weight excluding hydrogens is 402 g/mol. The second kappa shape index (κ2) is 13.4. The van der Waals surface area contributed by atoms with Crippen molar-refractivity contribution in [1.82, 2.24) is 15.0 Å². The number of nitrogens with zero attached hydrogens (tertiary/aromatic N) is 3. The summed E-state index contributed by atoms with van der Waals surface area (Å²) < 4.78 is 22.9. The smallest absolute Gasteiger partial charge is 0.311 e. The number of aryl methyl sites for hydroxylation is 1. The molecular formula is C22H39N3O6. The van der Waals surface area contributed by atoms with E-state index in [1.165, 1.54) is 0 Å². The van der Waals surface area contributed by atoms with E-state index in [0.717, 1.165) is 12.1 Å². The Balaban J connectivity index is 2.04. The quantitative estimate of drug-likeness (QED) is 0.321. The summed E-state index contributed by atoms with van der Waals surface area (Å²) in [5.41, 5.74) is 0.401. The van der Waals surface area contributed by atoms with Gasteiger partial charge in [0.25, 0.3) is 0 Å². The third kappa shape index (κ3) is 13.8. The van der Waals surface area contributed by atoms with E-state index in [-0.39, 0.29) is 24.0 Å². The maximum atomic E-state index is 11.8. The highest BCUT2D eigenvalue weighted by atomic mass is 16.6. The predicted octanol–water partition coefficient (Wildman–Crippen LogP) is 2.81. The van der Waals surface area contributed by atoms with Gasteiger partial charge in [-0.1, -0.05) is 26.0 Å². The van der Waals surface area contributed by atoms with Crippen LogP contribution in [-0.2, 0) is 41.5 Å². The first-order chi connectivity index (χ1) is 14.5. The fraction of sp³-hybridized carbons (Fsp3) is 0.818. The van der Waals surface area contributed by atoms with E-state index in [1.807, 2.05) is 27.0 Å². The van der Waals surface area contributed by atoms with E-state index in [1.54, 1.807) is 4.68 Å². The molecule has 0 saturated heterocycles. The highest BCUT2D eigenvalue weighted by Gasteiger charge is 2.22. The molecule has 178 valence electrons. The topological polar surface area (TPSA) is 102 Å². The van der Waals surface area contributed by atoms with Gasteiger partial charge in [0.1, 0.15) is 6.61 Å². The normalized spacial score (nSPS) is 12.1. The van der Waals surface area contributed by atoms with Crippen LogP contribution < -0.4 is 0 Å².